The number of hydrogen-bond donors (Lipinski definition) is 0. The van der Waals surface area contributed by atoms with Crippen molar-refractivity contribution in [3.05, 3.63) is 35.0 Å². The van der Waals surface area contributed by atoms with E-state index in [0.29, 0.717) is 23.4 Å². The van der Waals surface area contributed by atoms with Crippen LogP contribution >= 0.6 is 11.3 Å². The summed E-state index contributed by atoms with van der Waals surface area (Å²) in [6.07, 6.45) is 1.93. The van der Waals surface area contributed by atoms with E-state index in [1.165, 1.54) is 22.5 Å². The van der Waals surface area contributed by atoms with E-state index in [-0.39, 0.29) is 11.7 Å². The SMILES string of the molecule is O=C(c1cc2c(F)cccc2s1)N1CCCCO1. The van der Waals surface area contributed by atoms with E-state index in [1.807, 2.05) is 6.07 Å². The summed E-state index contributed by atoms with van der Waals surface area (Å²) in [4.78, 5) is 18.0. The predicted molar refractivity (Wildman–Crippen MR) is 68.0 cm³/mol. The van der Waals surface area contributed by atoms with Gasteiger partial charge in [-0.3, -0.25) is 9.63 Å². The molecule has 1 aromatic heterocycles. The quantitative estimate of drug-likeness (QED) is 0.792. The molecule has 3 rings (SSSR count). The third-order valence-corrected chi connectivity index (χ3v) is 4.04. The Kier molecular flexibility index (Phi) is 3.01. The molecule has 1 aromatic carbocycles. The number of hydroxylamine groups is 2. The molecule has 1 saturated heterocycles. The first-order valence-electron chi connectivity index (χ1n) is 5.88. The molecule has 0 spiro atoms. The monoisotopic (exact) mass is 265 g/mol. The Morgan fingerprint density at radius 1 is 1.39 bits per heavy atom. The van der Waals surface area contributed by atoms with Gasteiger partial charge in [0.1, 0.15) is 5.82 Å². The fourth-order valence-electron chi connectivity index (χ4n) is 2.01. The summed E-state index contributed by atoms with van der Waals surface area (Å²) in [5.41, 5.74) is 0. The Labute approximate surface area is 108 Å². The highest BCUT2D eigenvalue weighted by Gasteiger charge is 2.21. The third kappa shape index (κ3) is 2.00. The number of thiophene rings is 1. The van der Waals surface area contributed by atoms with Gasteiger partial charge in [-0.05, 0) is 31.0 Å². The summed E-state index contributed by atoms with van der Waals surface area (Å²) in [6, 6.07) is 6.48. The Morgan fingerprint density at radius 3 is 3.00 bits per heavy atom. The number of fused-ring (bicyclic) bond motifs is 1. The van der Waals surface area contributed by atoms with Crippen molar-refractivity contribution in [3.8, 4) is 0 Å². The smallest absolute Gasteiger partial charge is 0.271 e. The molecule has 5 heteroatoms. The Hall–Kier alpha value is -1.46. The van der Waals surface area contributed by atoms with E-state index in [9.17, 15) is 9.18 Å². The molecule has 0 atom stereocenters. The second kappa shape index (κ2) is 4.66. The number of nitrogens with zero attached hydrogens (tertiary/aromatic N) is 1. The van der Waals surface area contributed by atoms with Crippen molar-refractivity contribution in [2.75, 3.05) is 13.2 Å². The average Bonchev–Trinajstić information content (AvgIpc) is 2.84. The van der Waals surface area contributed by atoms with Gasteiger partial charge in [0, 0.05) is 16.6 Å². The van der Waals surface area contributed by atoms with Gasteiger partial charge in [-0.25, -0.2) is 9.45 Å². The molecule has 2 heterocycles. The standard InChI is InChI=1S/C13H12FNO2S/c14-10-4-3-5-11-9(10)8-12(18-11)13(16)15-6-1-2-7-17-15/h3-5,8H,1-2,6-7H2. The number of amides is 1. The molecule has 0 unspecified atom stereocenters. The minimum Gasteiger partial charge on any atom is -0.271 e. The first kappa shape index (κ1) is 11.6. The number of rotatable bonds is 1. The molecule has 1 amide bonds. The fourth-order valence-corrected chi connectivity index (χ4v) is 3.03. The summed E-state index contributed by atoms with van der Waals surface area (Å²) in [7, 11) is 0. The maximum absolute atomic E-state index is 13.6. The molecule has 0 radical (unpaired) electrons. The van der Waals surface area contributed by atoms with Crippen LogP contribution in [0.2, 0.25) is 0 Å². The van der Waals surface area contributed by atoms with Crippen LogP contribution in [-0.4, -0.2) is 24.1 Å². The molecule has 1 aliphatic rings. The lowest BCUT2D eigenvalue weighted by atomic mass is 10.2. The number of carbonyl (C=O) groups is 1. The van der Waals surface area contributed by atoms with E-state index < -0.39 is 0 Å². The van der Waals surface area contributed by atoms with Crippen molar-refractivity contribution >= 4 is 27.3 Å². The van der Waals surface area contributed by atoms with Crippen LogP contribution in [0.4, 0.5) is 4.39 Å². The Morgan fingerprint density at radius 2 is 2.28 bits per heavy atom. The molecule has 0 bridgehead atoms. The lowest BCUT2D eigenvalue weighted by Gasteiger charge is -2.25. The van der Waals surface area contributed by atoms with Crippen LogP contribution in [-0.2, 0) is 4.84 Å². The van der Waals surface area contributed by atoms with Crippen molar-refractivity contribution in [2.24, 2.45) is 0 Å². The highest BCUT2D eigenvalue weighted by molar-refractivity contribution is 7.20. The van der Waals surface area contributed by atoms with E-state index in [4.69, 9.17) is 4.84 Å². The van der Waals surface area contributed by atoms with Crippen LogP contribution in [0.15, 0.2) is 24.3 Å². The summed E-state index contributed by atoms with van der Waals surface area (Å²) in [5.74, 6) is -0.460. The summed E-state index contributed by atoms with van der Waals surface area (Å²) in [6.45, 7) is 1.18. The van der Waals surface area contributed by atoms with Crippen LogP contribution in [0.5, 0.6) is 0 Å². The Bertz CT molecular complexity index is 590. The van der Waals surface area contributed by atoms with E-state index in [2.05, 4.69) is 0 Å². The van der Waals surface area contributed by atoms with Crippen molar-refractivity contribution in [3.63, 3.8) is 0 Å². The third-order valence-electron chi connectivity index (χ3n) is 2.95. The normalized spacial score (nSPS) is 16.2. The zero-order chi connectivity index (χ0) is 12.5. The van der Waals surface area contributed by atoms with Gasteiger partial charge < -0.3 is 0 Å². The van der Waals surface area contributed by atoms with Gasteiger partial charge in [0.25, 0.3) is 5.91 Å². The molecule has 1 fully saturated rings. The van der Waals surface area contributed by atoms with Gasteiger partial charge in [-0.15, -0.1) is 11.3 Å². The van der Waals surface area contributed by atoms with E-state index >= 15 is 0 Å². The van der Waals surface area contributed by atoms with Gasteiger partial charge in [0.05, 0.1) is 11.5 Å². The minimum atomic E-state index is -0.289. The first-order chi connectivity index (χ1) is 8.75. The zero-order valence-electron chi connectivity index (χ0n) is 9.69. The molecule has 94 valence electrons. The van der Waals surface area contributed by atoms with Gasteiger partial charge in [0.15, 0.2) is 0 Å². The van der Waals surface area contributed by atoms with E-state index in [0.717, 1.165) is 17.5 Å². The maximum atomic E-state index is 13.6. The van der Waals surface area contributed by atoms with Crippen LogP contribution in [0.3, 0.4) is 0 Å². The highest BCUT2D eigenvalue weighted by Crippen LogP contribution is 2.28. The topological polar surface area (TPSA) is 29.5 Å². The zero-order valence-corrected chi connectivity index (χ0v) is 10.5. The van der Waals surface area contributed by atoms with Crippen LogP contribution < -0.4 is 0 Å². The molecule has 2 aromatic rings. The van der Waals surface area contributed by atoms with Gasteiger partial charge in [0.2, 0.25) is 0 Å². The number of hydrogen-bond acceptors (Lipinski definition) is 3. The van der Waals surface area contributed by atoms with Crippen molar-refractivity contribution in [2.45, 2.75) is 12.8 Å². The van der Waals surface area contributed by atoms with Crippen LogP contribution in [0.1, 0.15) is 22.5 Å². The summed E-state index contributed by atoms with van der Waals surface area (Å²) in [5, 5.41) is 1.88. The minimum absolute atomic E-state index is 0.171. The number of benzene rings is 1. The van der Waals surface area contributed by atoms with E-state index in [1.54, 1.807) is 12.1 Å². The molecule has 0 N–H and O–H groups in total. The van der Waals surface area contributed by atoms with Crippen LogP contribution in [0.25, 0.3) is 10.1 Å². The lowest BCUT2D eigenvalue weighted by Crippen LogP contribution is -2.35. The maximum Gasteiger partial charge on any atom is 0.287 e. The molecular formula is C13H12FNO2S. The molecular weight excluding hydrogens is 253 g/mol. The molecule has 18 heavy (non-hydrogen) atoms. The number of halogens is 1. The van der Waals surface area contributed by atoms with Gasteiger partial charge >= 0.3 is 0 Å². The second-order valence-electron chi connectivity index (χ2n) is 4.21. The Balaban J connectivity index is 1.94. The summed E-state index contributed by atoms with van der Waals surface area (Å²) >= 11 is 1.30. The van der Waals surface area contributed by atoms with Crippen molar-refractivity contribution < 1.29 is 14.0 Å². The first-order valence-corrected chi connectivity index (χ1v) is 6.70. The lowest BCUT2D eigenvalue weighted by molar-refractivity contribution is -0.143. The van der Waals surface area contributed by atoms with Crippen LogP contribution in [0, 0.1) is 5.82 Å². The molecule has 0 aliphatic carbocycles. The molecule has 0 saturated carbocycles. The highest BCUT2D eigenvalue weighted by atomic mass is 32.1. The predicted octanol–water partition coefficient (Wildman–Crippen LogP) is 3.21. The van der Waals surface area contributed by atoms with Gasteiger partial charge in [-0.1, -0.05) is 6.07 Å². The van der Waals surface area contributed by atoms with Crippen molar-refractivity contribution in [1.29, 1.82) is 0 Å². The van der Waals surface area contributed by atoms with Gasteiger partial charge in [-0.2, -0.15) is 0 Å². The molecule has 3 nitrogen and oxygen atoms in total. The molecule has 1 aliphatic heterocycles. The summed E-state index contributed by atoms with van der Waals surface area (Å²) < 4.78 is 14.3. The average molecular weight is 265 g/mol. The second-order valence-corrected chi connectivity index (χ2v) is 5.29. The fraction of sp³-hybridized carbons (Fsp3) is 0.308. The van der Waals surface area contributed by atoms with Crippen molar-refractivity contribution in [1.82, 2.24) is 5.06 Å². The number of carbonyl (C=O) groups excluding carboxylic acids is 1. The largest absolute Gasteiger partial charge is 0.287 e.